The van der Waals surface area contributed by atoms with Gasteiger partial charge in [-0.25, -0.2) is 0 Å². The molecule has 1 N–H and O–H groups in total. The minimum Gasteiger partial charge on any atom is -0.481 e. The van der Waals surface area contributed by atoms with Gasteiger partial charge in [0.15, 0.2) is 6.10 Å². The summed E-state index contributed by atoms with van der Waals surface area (Å²) in [4.78, 5) is 14.5. The first-order chi connectivity index (χ1) is 10.8. The molecule has 0 unspecified atom stereocenters. The van der Waals surface area contributed by atoms with Gasteiger partial charge in [0.1, 0.15) is 5.75 Å². The lowest BCUT2D eigenvalue weighted by atomic mass is 10.2. The highest BCUT2D eigenvalue weighted by molar-refractivity contribution is 5.81. The van der Waals surface area contributed by atoms with E-state index in [-0.39, 0.29) is 5.91 Å². The highest BCUT2D eigenvalue weighted by Crippen LogP contribution is 2.12. The van der Waals surface area contributed by atoms with Gasteiger partial charge >= 0.3 is 0 Å². The third-order valence-electron chi connectivity index (χ3n) is 3.74. The van der Waals surface area contributed by atoms with Gasteiger partial charge < -0.3 is 14.8 Å². The van der Waals surface area contributed by atoms with Crippen molar-refractivity contribution in [2.45, 2.75) is 25.9 Å². The van der Waals surface area contributed by atoms with Gasteiger partial charge in [-0.2, -0.15) is 0 Å². The summed E-state index contributed by atoms with van der Waals surface area (Å²) >= 11 is 0. The Morgan fingerprint density at radius 2 is 2.05 bits per heavy atom. The van der Waals surface area contributed by atoms with Crippen molar-refractivity contribution in [3.05, 3.63) is 30.3 Å². The number of ether oxygens (including phenoxy) is 2. The number of carbonyl (C=O) groups is 1. The van der Waals surface area contributed by atoms with Crippen molar-refractivity contribution in [2.75, 3.05) is 39.4 Å². The van der Waals surface area contributed by atoms with Crippen LogP contribution in [0.15, 0.2) is 30.3 Å². The number of para-hydroxylation sites is 1. The SMILES string of the molecule is CC[C@@H](Oc1ccccc1)C(=O)NCCCN1CCOCC1. The molecule has 22 heavy (non-hydrogen) atoms. The van der Waals surface area contributed by atoms with Crippen molar-refractivity contribution in [1.82, 2.24) is 10.2 Å². The van der Waals surface area contributed by atoms with E-state index in [0.717, 1.165) is 45.0 Å². The molecule has 1 aliphatic rings. The standard InChI is InChI=1S/C17H26N2O3/c1-2-16(22-15-7-4-3-5-8-15)17(20)18-9-6-10-19-11-13-21-14-12-19/h3-5,7-8,16H,2,6,9-14H2,1H3,(H,18,20)/t16-/m1/s1. The molecule has 2 rings (SSSR count). The first-order valence-corrected chi connectivity index (χ1v) is 8.09. The first-order valence-electron chi connectivity index (χ1n) is 8.09. The van der Waals surface area contributed by atoms with Gasteiger partial charge in [-0.1, -0.05) is 25.1 Å². The number of carbonyl (C=O) groups excluding carboxylic acids is 1. The number of benzene rings is 1. The second kappa shape index (κ2) is 9.43. The summed E-state index contributed by atoms with van der Waals surface area (Å²) in [6, 6.07) is 9.48. The van der Waals surface area contributed by atoms with Gasteiger partial charge in [-0.3, -0.25) is 9.69 Å². The number of nitrogens with one attached hydrogen (secondary N) is 1. The Bertz CT molecular complexity index is 433. The third-order valence-corrected chi connectivity index (χ3v) is 3.74. The van der Waals surface area contributed by atoms with E-state index in [1.54, 1.807) is 0 Å². The maximum atomic E-state index is 12.2. The van der Waals surface area contributed by atoms with E-state index in [0.29, 0.717) is 13.0 Å². The summed E-state index contributed by atoms with van der Waals surface area (Å²) in [6.45, 7) is 7.25. The van der Waals surface area contributed by atoms with Crippen molar-refractivity contribution in [2.24, 2.45) is 0 Å². The number of morpholine rings is 1. The highest BCUT2D eigenvalue weighted by Gasteiger charge is 2.18. The fraction of sp³-hybridized carbons (Fsp3) is 0.588. The van der Waals surface area contributed by atoms with Crippen LogP contribution in [0, 0.1) is 0 Å². The molecule has 0 aliphatic carbocycles. The molecule has 0 saturated carbocycles. The Labute approximate surface area is 132 Å². The second-order valence-corrected chi connectivity index (χ2v) is 5.43. The zero-order valence-corrected chi connectivity index (χ0v) is 13.3. The van der Waals surface area contributed by atoms with E-state index in [1.165, 1.54) is 0 Å². The van der Waals surface area contributed by atoms with E-state index in [4.69, 9.17) is 9.47 Å². The molecule has 1 aromatic rings. The Balaban J connectivity index is 1.66. The Morgan fingerprint density at radius 3 is 2.73 bits per heavy atom. The molecule has 0 aromatic heterocycles. The fourth-order valence-corrected chi connectivity index (χ4v) is 2.44. The number of rotatable bonds is 8. The Hall–Kier alpha value is -1.59. The van der Waals surface area contributed by atoms with Crippen LogP contribution >= 0.6 is 0 Å². The lowest BCUT2D eigenvalue weighted by Crippen LogP contribution is -2.41. The second-order valence-electron chi connectivity index (χ2n) is 5.43. The molecule has 1 heterocycles. The zero-order chi connectivity index (χ0) is 15.6. The molecular weight excluding hydrogens is 280 g/mol. The summed E-state index contributed by atoms with van der Waals surface area (Å²) in [6.07, 6.45) is 1.18. The lowest BCUT2D eigenvalue weighted by molar-refractivity contribution is -0.128. The topological polar surface area (TPSA) is 50.8 Å². The third kappa shape index (κ3) is 5.66. The van der Waals surface area contributed by atoms with Crippen LogP contribution in [0.3, 0.4) is 0 Å². The maximum absolute atomic E-state index is 12.2. The van der Waals surface area contributed by atoms with Gasteiger partial charge in [0.25, 0.3) is 5.91 Å². The predicted molar refractivity (Wildman–Crippen MR) is 86.0 cm³/mol. The summed E-state index contributed by atoms with van der Waals surface area (Å²) in [5.74, 6) is 0.700. The average Bonchev–Trinajstić information content (AvgIpc) is 2.58. The minimum absolute atomic E-state index is 0.0340. The summed E-state index contributed by atoms with van der Waals surface area (Å²) in [7, 11) is 0. The van der Waals surface area contributed by atoms with Gasteiger partial charge in [0, 0.05) is 19.6 Å². The highest BCUT2D eigenvalue weighted by atomic mass is 16.5. The molecule has 5 nitrogen and oxygen atoms in total. The van der Waals surface area contributed by atoms with Crippen molar-refractivity contribution in [3.63, 3.8) is 0 Å². The fourth-order valence-electron chi connectivity index (χ4n) is 2.44. The smallest absolute Gasteiger partial charge is 0.261 e. The molecule has 0 radical (unpaired) electrons. The molecule has 0 spiro atoms. The van der Waals surface area contributed by atoms with Crippen molar-refractivity contribution in [3.8, 4) is 5.75 Å². The van der Waals surface area contributed by atoms with Crippen LogP contribution in [-0.4, -0.2) is 56.3 Å². The monoisotopic (exact) mass is 306 g/mol. The molecule has 1 fully saturated rings. The summed E-state index contributed by atoms with van der Waals surface area (Å²) in [5, 5.41) is 2.97. The van der Waals surface area contributed by atoms with Crippen LogP contribution in [0.2, 0.25) is 0 Å². The van der Waals surface area contributed by atoms with Crippen molar-refractivity contribution < 1.29 is 14.3 Å². The molecule has 1 atom stereocenters. The summed E-state index contributed by atoms with van der Waals surface area (Å²) in [5.41, 5.74) is 0. The van der Waals surface area contributed by atoms with E-state index in [2.05, 4.69) is 10.2 Å². The van der Waals surface area contributed by atoms with E-state index < -0.39 is 6.10 Å². The van der Waals surface area contributed by atoms with Gasteiger partial charge in [-0.05, 0) is 31.5 Å². The van der Waals surface area contributed by atoms with E-state index in [9.17, 15) is 4.79 Å². The van der Waals surface area contributed by atoms with Crippen LogP contribution in [0.1, 0.15) is 19.8 Å². The minimum atomic E-state index is -0.425. The predicted octanol–water partition coefficient (Wildman–Crippen LogP) is 1.68. The molecule has 1 amide bonds. The molecule has 1 aromatic carbocycles. The number of hydrogen-bond acceptors (Lipinski definition) is 4. The quantitative estimate of drug-likeness (QED) is 0.743. The molecule has 1 saturated heterocycles. The van der Waals surface area contributed by atoms with Crippen LogP contribution in [-0.2, 0) is 9.53 Å². The molecule has 122 valence electrons. The normalized spacial score (nSPS) is 17.0. The lowest BCUT2D eigenvalue weighted by Gasteiger charge is -2.26. The number of hydrogen-bond donors (Lipinski definition) is 1. The van der Waals surface area contributed by atoms with Gasteiger partial charge in [0.2, 0.25) is 0 Å². The molecule has 0 bridgehead atoms. The Morgan fingerprint density at radius 1 is 1.32 bits per heavy atom. The van der Waals surface area contributed by atoms with Crippen molar-refractivity contribution in [1.29, 1.82) is 0 Å². The largest absolute Gasteiger partial charge is 0.481 e. The number of amides is 1. The van der Waals surface area contributed by atoms with Crippen LogP contribution < -0.4 is 10.1 Å². The molecular formula is C17H26N2O3. The van der Waals surface area contributed by atoms with Gasteiger partial charge in [-0.15, -0.1) is 0 Å². The summed E-state index contributed by atoms with van der Waals surface area (Å²) < 4.78 is 11.1. The van der Waals surface area contributed by atoms with E-state index >= 15 is 0 Å². The Kier molecular flexibility index (Phi) is 7.19. The van der Waals surface area contributed by atoms with Crippen LogP contribution in [0.5, 0.6) is 5.75 Å². The van der Waals surface area contributed by atoms with Crippen LogP contribution in [0.25, 0.3) is 0 Å². The average molecular weight is 306 g/mol. The molecule has 5 heteroatoms. The van der Waals surface area contributed by atoms with E-state index in [1.807, 2.05) is 37.3 Å². The first kappa shape index (κ1) is 16.8. The molecule has 1 aliphatic heterocycles. The van der Waals surface area contributed by atoms with Gasteiger partial charge in [0.05, 0.1) is 13.2 Å². The maximum Gasteiger partial charge on any atom is 0.261 e. The van der Waals surface area contributed by atoms with Crippen LogP contribution in [0.4, 0.5) is 0 Å². The zero-order valence-electron chi connectivity index (χ0n) is 13.3. The number of nitrogens with zero attached hydrogens (tertiary/aromatic N) is 1. The van der Waals surface area contributed by atoms with Crippen molar-refractivity contribution >= 4 is 5.91 Å².